The van der Waals surface area contributed by atoms with Gasteiger partial charge >= 0.3 is 6.03 Å². The van der Waals surface area contributed by atoms with Gasteiger partial charge < -0.3 is 15.4 Å². The van der Waals surface area contributed by atoms with Crippen molar-refractivity contribution < 1.29 is 9.59 Å². The van der Waals surface area contributed by atoms with Gasteiger partial charge in [-0.15, -0.1) is 0 Å². The average molecular weight is 271 g/mol. The number of aldehydes is 1. The number of carbonyl (C=O) groups is 2. The molecular weight excluding hydrogens is 260 g/mol. The number of carbonyl (C=O) groups excluding carboxylic acids is 2. The maximum atomic E-state index is 11.1. The van der Waals surface area contributed by atoms with E-state index >= 15 is 0 Å². The maximum Gasteiger partial charge on any atom is 0.315 e. The second kappa shape index (κ2) is 6.19. The fourth-order valence-electron chi connectivity index (χ4n) is 1.03. The molecule has 0 unspecified atom stereocenters. The molecule has 5 heteroatoms. The van der Waals surface area contributed by atoms with Crippen molar-refractivity contribution in [3.05, 3.63) is 34.3 Å². The molecule has 0 aliphatic carbocycles. The molecule has 4 nitrogen and oxygen atoms in total. The zero-order valence-electron chi connectivity index (χ0n) is 8.00. The first kappa shape index (κ1) is 11.7. The standard InChI is InChI=1S/C10H11BrN2O2/c11-9-3-1-2-8(6-9)7-13-10(15)12-4-5-14/h1-3,5-6H,4,7H2,(H2,12,13,15). The summed E-state index contributed by atoms with van der Waals surface area (Å²) in [5, 5.41) is 5.02. The third kappa shape index (κ3) is 4.60. The molecule has 2 amide bonds. The Balaban J connectivity index is 2.36. The van der Waals surface area contributed by atoms with Crippen LogP contribution in [0.5, 0.6) is 0 Å². The highest BCUT2D eigenvalue weighted by Crippen LogP contribution is 2.11. The second-order valence-corrected chi connectivity index (χ2v) is 3.78. The Morgan fingerprint density at radius 2 is 2.20 bits per heavy atom. The lowest BCUT2D eigenvalue weighted by atomic mass is 10.2. The predicted octanol–water partition coefficient (Wildman–Crippen LogP) is 1.45. The first-order chi connectivity index (χ1) is 7.22. The molecule has 0 saturated heterocycles. The fourth-order valence-corrected chi connectivity index (χ4v) is 1.47. The summed E-state index contributed by atoms with van der Waals surface area (Å²) in [6.07, 6.45) is 0.638. The van der Waals surface area contributed by atoms with Crippen molar-refractivity contribution in [2.24, 2.45) is 0 Å². The molecule has 1 rings (SSSR count). The van der Waals surface area contributed by atoms with Crippen LogP contribution in [-0.2, 0) is 11.3 Å². The fraction of sp³-hybridized carbons (Fsp3) is 0.200. The van der Waals surface area contributed by atoms with Crippen LogP contribution in [0.4, 0.5) is 4.79 Å². The Labute approximate surface area is 96.2 Å². The summed E-state index contributed by atoms with van der Waals surface area (Å²) in [6.45, 7) is 0.467. The van der Waals surface area contributed by atoms with Gasteiger partial charge in [0, 0.05) is 11.0 Å². The van der Waals surface area contributed by atoms with Gasteiger partial charge in [0.2, 0.25) is 0 Å². The summed E-state index contributed by atoms with van der Waals surface area (Å²) < 4.78 is 0.968. The molecular formula is C10H11BrN2O2. The summed E-state index contributed by atoms with van der Waals surface area (Å²) in [4.78, 5) is 21.0. The molecule has 0 heterocycles. The SMILES string of the molecule is O=CCNC(=O)NCc1cccc(Br)c1. The van der Waals surface area contributed by atoms with Crippen molar-refractivity contribution in [3.63, 3.8) is 0 Å². The molecule has 15 heavy (non-hydrogen) atoms. The van der Waals surface area contributed by atoms with Crippen LogP contribution in [0.2, 0.25) is 0 Å². The average Bonchev–Trinajstić information content (AvgIpc) is 2.23. The highest BCUT2D eigenvalue weighted by molar-refractivity contribution is 9.10. The molecule has 0 spiro atoms. The van der Waals surface area contributed by atoms with Crippen molar-refractivity contribution in [1.29, 1.82) is 0 Å². The molecule has 0 bridgehead atoms. The first-order valence-corrected chi connectivity index (χ1v) is 5.21. The summed E-state index contributed by atoms with van der Waals surface area (Å²) >= 11 is 3.34. The van der Waals surface area contributed by atoms with Crippen LogP contribution >= 0.6 is 15.9 Å². The number of urea groups is 1. The number of rotatable bonds is 4. The zero-order valence-corrected chi connectivity index (χ0v) is 9.58. The number of hydrogen-bond donors (Lipinski definition) is 2. The van der Waals surface area contributed by atoms with E-state index in [4.69, 9.17) is 0 Å². The van der Waals surface area contributed by atoms with Gasteiger partial charge in [-0.2, -0.15) is 0 Å². The number of hydrogen-bond acceptors (Lipinski definition) is 2. The number of amides is 2. The van der Waals surface area contributed by atoms with E-state index < -0.39 is 0 Å². The monoisotopic (exact) mass is 270 g/mol. The molecule has 80 valence electrons. The van der Waals surface area contributed by atoms with Gasteiger partial charge in [-0.1, -0.05) is 28.1 Å². The van der Waals surface area contributed by atoms with E-state index in [0.29, 0.717) is 12.8 Å². The summed E-state index contributed by atoms with van der Waals surface area (Å²) in [6, 6.07) is 7.28. The number of halogens is 1. The molecule has 0 fully saturated rings. The lowest BCUT2D eigenvalue weighted by molar-refractivity contribution is -0.107. The Morgan fingerprint density at radius 1 is 1.40 bits per heavy atom. The number of nitrogens with one attached hydrogen (secondary N) is 2. The minimum atomic E-state index is -0.345. The minimum Gasteiger partial charge on any atom is -0.334 e. The van der Waals surface area contributed by atoms with E-state index in [1.807, 2.05) is 24.3 Å². The van der Waals surface area contributed by atoms with Crippen LogP contribution in [0.15, 0.2) is 28.7 Å². The van der Waals surface area contributed by atoms with Crippen LogP contribution in [0, 0.1) is 0 Å². The van der Waals surface area contributed by atoms with E-state index in [9.17, 15) is 9.59 Å². The van der Waals surface area contributed by atoms with E-state index in [1.165, 1.54) is 0 Å². The largest absolute Gasteiger partial charge is 0.334 e. The van der Waals surface area contributed by atoms with Crippen LogP contribution < -0.4 is 10.6 Å². The van der Waals surface area contributed by atoms with Crippen LogP contribution in [0.25, 0.3) is 0 Å². The quantitative estimate of drug-likeness (QED) is 0.814. The third-order valence-electron chi connectivity index (χ3n) is 1.69. The molecule has 0 radical (unpaired) electrons. The Hall–Kier alpha value is -1.36. The van der Waals surface area contributed by atoms with Gasteiger partial charge in [0.05, 0.1) is 6.54 Å². The highest BCUT2D eigenvalue weighted by atomic mass is 79.9. The van der Waals surface area contributed by atoms with Crippen molar-refractivity contribution in [2.75, 3.05) is 6.54 Å². The van der Waals surface area contributed by atoms with Gasteiger partial charge in [0.15, 0.2) is 0 Å². The molecule has 0 atom stereocenters. The van der Waals surface area contributed by atoms with Crippen molar-refractivity contribution in [1.82, 2.24) is 10.6 Å². The number of benzene rings is 1. The molecule has 0 saturated carbocycles. The topological polar surface area (TPSA) is 58.2 Å². The van der Waals surface area contributed by atoms with E-state index in [1.54, 1.807) is 0 Å². The molecule has 0 aliphatic heterocycles. The Morgan fingerprint density at radius 3 is 2.87 bits per heavy atom. The van der Waals surface area contributed by atoms with Gasteiger partial charge in [-0.05, 0) is 17.7 Å². The minimum absolute atomic E-state index is 0.0321. The van der Waals surface area contributed by atoms with Crippen LogP contribution in [0.1, 0.15) is 5.56 Å². The lowest BCUT2D eigenvalue weighted by Gasteiger charge is -2.05. The van der Waals surface area contributed by atoms with Gasteiger partial charge in [-0.25, -0.2) is 4.79 Å². The van der Waals surface area contributed by atoms with Crippen molar-refractivity contribution in [3.8, 4) is 0 Å². The molecule has 0 aromatic heterocycles. The van der Waals surface area contributed by atoms with E-state index in [2.05, 4.69) is 26.6 Å². The lowest BCUT2D eigenvalue weighted by Crippen LogP contribution is -2.35. The Bertz CT molecular complexity index is 355. The molecule has 2 N–H and O–H groups in total. The zero-order chi connectivity index (χ0) is 11.1. The summed E-state index contributed by atoms with van der Waals surface area (Å²) in [5.41, 5.74) is 0.991. The smallest absolute Gasteiger partial charge is 0.315 e. The first-order valence-electron chi connectivity index (χ1n) is 4.42. The van der Waals surface area contributed by atoms with Crippen molar-refractivity contribution in [2.45, 2.75) is 6.54 Å². The van der Waals surface area contributed by atoms with E-state index in [0.717, 1.165) is 10.0 Å². The second-order valence-electron chi connectivity index (χ2n) is 2.86. The molecule has 0 aliphatic rings. The van der Waals surface area contributed by atoms with Gasteiger partial charge in [0.1, 0.15) is 6.29 Å². The summed E-state index contributed by atoms with van der Waals surface area (Å²) in [7, 11) is 0. The highest BCUT2D eigenvalue weighted by Gasteiger charge is 1.99. The summed E-state index contributed by atoms with van der Waals surface area (Å²) in [5.74, 6) is 0. The molecule has 1 aromatic carbocycles. The Kier molecular flexibility index (Phi) is 4.83. The van der Waals surface area contributed by atoms with Crippen LogP contribution in [0.3, 0.4) is 0 Å². The van der Waals surface area contributed by atoms with Gasteiger partial charge in [0.25, 0.3) is 0 Å². The van der Waals surface area contributed by atoms with E-state index in [-0.39, 0.29) is 12.6 Å². The third-order valence-corrected chi connectivity index (χ3v) is 2.18. The van der Waals surface area contributed by atoms with Gasteiger partial charge in [-0.3, -0.25) is 0 Å². The maximum absolute atomic E-state index is 11.1. The molecule has 1 aromatic rings. The van der Waals surface area contributed by atoms with Crippen LogP contribution in [-0.4, -0.2) is 18.9 Å². The normalized spacial score (nSPS) is 9.40. The predicted molar refractivity (Wildman–Crippen MR) is 60.4 cm³/mol. The van der Waals surface area contributed by atoms with Crippen molar-refractivity contribution >= 4 is 28.2 Å².